The van der Waals surface area contributed by atoms with Crippen LogP contribution in [-0.4, -0.2) is 13.8 Å². The minimum atomic E-state index is -1.09. The first-order chi connectivity index (χ1) is 9.55. The SMILES string of the molecule is CCS[C@H](c1ccccc1)[Si](C)(C)C.[C-]#[O+].[C-]#[O+].[C-]#[O+].[Cr]. The van der Waals surface area contributed by atoms with E-state index >= 15 is 0 Å². The van der Waals surface area contributed by atoms with E-state index in [1.54, 1.807) is 0 Å². The van der Waals surface area contributed by atoms with Gasteiger partial charge in [0.15, 0.2) is 0 Å². The van der Waals surface area contributed by atoms with Crippen molar-refractivity contribution < 1.29 is 31.3 Å². The third kappa shape index (κ3) is 14.2. The molecule has 0 unspecified atom stereocenters. The third-order valence-electron chi connectivity index (χ3n) is 2.22. The number of rotatable bonds is 4. The van der Waals surface area contributed by atoms with Crippen molar-refractivity contribution in [2.24, 2.45) is 0 Å². The maximum Gasteiger partial charge on any atom is 0 e. The van der Waals surface area contributed by atoms with Crippen LogP contribution in [0.1, 0.15) is 17.4 Å². The summed E-state index contributed by atoms with van der Waals surface area (Å²) in [5.41, 5.74) is 1.51. The molecule has 0 heterocycles. The van der Waals surface area contributed by atoms with Gasteiger partial charge in [-0.3, -0.25) is 0 Å². The summed E-state index contributed by atoms with van der Waals surface area (Å²) in [6, 6.07) is 10.9. The van der Waals surface area contributed by atoms with Gasteiger partial charge in [0.1, 0.15) is 0 Å². The molecule has 6 heteroatoms. The second kappa shape index (κ2) is 19.5. The van der Waals surface area contributed by atoms with Gasteiger partial charge in [0.05, 0.1) is 8.07 Å². The predicted octanol–water partition coefficient (Wildman–Crippen LogP) is 4.24. The number of hydrogen-bond acceptors (Lipinski definition) is 1. The van der Waals surface area contributed by atoms with Crippen LogP contribution in [0.5, 0.6) is 0 Å². The molecule has 21 heavy (non-hydrogen) atoms. The van der Waals surface area contributed by atoms with Crippen LogP contribution in [-0.2, 0) is 31.3 Å². The van der Waals surface area contributed by atoms with Crippen LogP contribution in [0.2, 0.25) is 19.6 Å². The zero-order valence-corrected chi connectivity index (χ0v) is 15.8. The molecule has 0 bridgehead atoms. The van der Waals surface area contributed by atoms with E-state index in [2.05, 4.69) is 88.6 Å². The number of hydrogen-bond donors (Lipinski definition) is 0. The maximum atomic E-state index is 7.50. The van der Waals surface area contributed by atoms with E-state index in [0.29, 0.717) is 0 Å². The van der Waals surface area contributed by atoms with Gasteiger partial charge in [0.2, 0.25) is 0 Å². The van der Waals surface area contributed by atoms with Crippen molar-refractivity contribution in [2.45, 2.75) is 31.4 Å². The molecule has 0 spiro atoms. The first-order valence-corrected chi connectivity index (χ1v) is 10.5. The Morgan fingerprint density at radius 1 is 0.952 bits per heavy atom. The minimum absolute atomic E-state index is 0. The monoisotopic (exact) mass is 360 g/mol. The summed E-state index contributed by atoms with van der Waals surface area (Å²) in [5, 5.41) is 0. The molecule has 1 atom stereocenters. The van der Waals surface area contributed by atoms with Crippen molar-refractivity contribution in [1.29, 1.82) is 0 Å². The van der Waals surface area contributed by atoms with Gasteiger partial charge >= 0.3 is 33.9 Å². The smallest absolute Gasteiger partial charge is 0 e. The van der Waals surface area contributed by atoms with Crippen molar-refractivity contribution in [3.63, 3.8) is 0 Å². The Bertz CT molecular complexity index is 371. The standard InChI is InChI=1S/C12H20SSi.3CO.Cr/c1-5-13-12(14(2,3)4)11-9-7-6-8-10-11;3*1-2;/h6-10,12H,5H2,1-4H3;;;;/t12-;;;;/m0..../s1. The molecule has 0 aliphatic carbocycles. The molecule has 0 aliphatic heterocycles. The minimum Gasteiger partial charge on any atom is 0 e. The molecule has 0 aliphatic rings. The van der Waals surface area contributed by atoms with E-state index in [4.69, 9.17) is 14.0 Å². The molecule has 0 amide bonds. The van der Waals surface area contributed by atoms with E-state index in [9.17, 15) is 0 Å². The summed E-state index contributed by atoms with van der Waals surface area (Å²) in [6.07, 6.45) is 0. The van der Waals surface area contributed by atoms with E-state index in [1.807, 2.05) is 0 Å². The summed E-state index contributed by atoms with van der Waals surface area (Å²) >= 11 is 2.10. The molecule has 0 fully saturated rings. The Morgan fingerprint density at radius 3 is 1.62 bits per heavy atom. The molecule has 0 saturated carbocycles. The molecular formula is C15H20CrO3SSi. The van der Waals surface area contributed by atoms with Crippen LogP contribution in [0.25, 0.3) is 0 Å². The fourth-order valence-corrected chi connectivity index (χ4v) is 6.02. The van der Waals surface area contributed by atoms with Crippen LogP contribution >= 0.6 is 11.8 Å². The molecule has 1 rings (SSSR count). The average molecular weight is 360 g/mol. The molecular weight excluding hydrogens is 340 g/mol. The van der Waals surface area contributed by atoms with Crippen molar-refractivity contribution in [3.8, 4) is 0 Å². The maximum absolute atomic E-state index is 7.50. The summed E-state index contributed by atoms with van der Waals surface area (Å²) in [5.74, 6) is 1.21. The zero-order valence-electron chi connectivity index (χ0n) is 12.7. The van der Waals surface area contributed by atoms with Crippen LogP contribution < -0.4 is 0 Å². The van der Waals surface area contributed by atoms with Gasteiger partial charge in [-0.05, 0) is 11.3 Å². The van der Waals surface area contributed by atoms with Gasteiger partial charge in [-0.15, -0.1) is 0 Å². The molecule has 0 aromatic heterocycles. The Labute approximate surface area is 144 Å². The third-order valence-corrected chi connectivity index (χ3v) is 7.69. The van der Waals surface area contributed by atoms with Crippen LogP contribution in [0.15, 0.2) is 30.3 Å². The predicted molar refractivity (Wildman–Crippen MR) is 82.4 cm³/mol. The van der Waals surface area contributed by atoms with Crippen molar-refractivity contribution in [1.82, 2.24) is 0 Å². The summed E-state index contributed by atoms with van der Waals surface area (Å²) in [6.45, 7) is 23.1. The largest absolute Gasteiger partial charge is 0 e. The van der Waals surface area contributed by atoms with Gasteiger partial charge in [0, 0.05) is 22.2 Å². The van der Waals surface area contributed by atoms with Crippen molar-refractivity contribution >= 4 is 19.8 Å². The van der Waals surface area contributed by atoms with Gasteiger partial charge in [-0.2, -0.15) is 11.8 Å². The number of thioether (sulfide) groups is 1. The van der Waals surface area contributed by atoms with E-state index < -0.39 is 8.07 Å². The zero-order chi connectivity index (χ0) is 16.6. The molecule has 0 N–H and O–H groups in total. The molecule has 1 aromatic rings. The normalized spacial score (nSPS) is 9.62. The Balaban J connectivity index is -0.000000183. The fourth-order valence-electron chi connectivity index (χ4n) is 1.64. The fraction of sp³-hybridized carbons (Fsp3) is 0.400. The first kappa shape index (κ1) is 28.7. The Morgan fingerprint density at radius 2 is 1.33 bits per heavy atom. The molecule has 0 saturated heterocycles. The van der Waals surface area contributed by atoms with E-state index in [0.717, 1.165) is 4.87 Å². The Kier molecular flexibility index (Phi) is 26.7. The van der Waals surface area contributed by atoms with Crippen LogP contribution in [0, 0.1) is 20.0 Å². The van der Waals surface area contributed by atoms with Gasteiger partial charge in [0.25, 0.3) is 0 Å². The summed E-state index contributed by atoms with van der Waals surface area (Å²) in [7, 11) is -1.09. The second-order valence-electron chi connectivity index (χ2n) is 4.61. The molecule has 0 radical (unpaired) electrons. The number of benzene rings is 1. The van der Waals surface area contributed by atoms with Crippen molar-refractivity contribution in [2.75, 3.05) is 5.75 Å². The summed E-state index contributed by atoms with van der Waals surface area (Å²) < 4.78 is 22.5. The Hall–Kier alpha value is -0.461. The topological polar surface area (TPSA) is 59.7 Å². The van der Waals surface area contributed by atoms with Gasteiger partial charge in [-0.1, -0.05) is 56.9 Å². The summed E-state index contributed by atoms with van der Waals surface area (Å²) in [4.78, 5) is 0.744. The van der Waals surface area contributed by atoms with E-state index in [-0.39, 0.29) is 17.4 Å². The van der Waals surface area contributed by atoms with E-state index in [1.165, 1.54) is 11.3 Å². The molecule has 3 nitrogen and oxygen atoms in total. The van der Waals surface area contributed by atoms with Crippen LogP contribution in [0.4, 0.5) is 0 Å². The molecule has 114 valence electrons. The van der Waals surface area contributed by atoms with Crippen LogP contribution in [0.3, 0.4) is 0 Å². The molecule has 1 aromatic carbocycles. The first-order valence-electron chi connectivity index (χ1n) is 5.83. The van der Waals surface area contributed by atoms with Crippen molar-refractivity contribution in [3.05, 3.63) is 55.8 Å². The average Bonchev–Trinajstić information content (AvgIpc) is 2.50. The second-order valence-corrected chi connectivity index (χ2v) is 11.7. The van der Waals surface area contributed by atoms with Gasteiger partial charge < -0.3 is 0 Å². The van der Waals surface area contributed by atoms with Gasteiger partial charge in [-0.25, -0.2) is 0 Å². The quantitative estimate of drug-likeness (QED) is 0.450.